The molecule has 0 atom stereocenters. The molecule has 12 nitrogen and oxygen atoms in total. The molecule has 0 saturated carbocycles. The predicted molar refractivity (Wildman–Crippen MR) is 122 cm³/mol. The number of benzene rings is 2. The first-order valence-electron chi connectivity index (χ1n) is 9.86. The van der Waals surface area contributed by atoms with Crippen molar-refractivity contribution in [1.82, 2.24) is 5.32 Å². The third-order valence-electron chi connectivity index (χ3n) is 4.35. The Balaban J connectivity index is 1.96. The van der Waals surface area contributed by atoms with Gasteiger partial charge in [0.2, 0.25) is 5.91 Å². The van der Waals surface area contributed by atoms with Crippen molar-refractivity contribution in [1.29, 1.82) is 0 Å². The number of phenolic OH excluding ortho intramolecular Hbond substituents is 1. The third kappa shape index (κ3) is 10.2. The van der Waals surface area contributed by atoms with Crippen LogP contribution < -0.4 is 5.32 Å². The fraction of sp³-hybridized carbons (Fsp3) is 0.300. The number of ketones is 1. The van der Waals surface area contributed by atoms with Gasteiger partial charge in [-0.15, -0.1) is 0 Å². The molecule has 0 aromatic heterocycles. The first-order chi connectivity index (χ1) is 15.8. The van der Waals surface area contributed by atoms with E-state index in [1.165, 1.54) is 18.2 Å². The van der Waals surface area contributed by atoms with Crippen LogP contribution in [0.4, 0.5) is 11.4 Å². The fourth-order valence-corrected chi connectivity index (χ4v) is 3.59. The molecule has 0 radical (unpaired) electrons. The summed E-state index contributed by atoms with van der Waals surface area (Å²) in [6, 6.07) is 10.4. The zero-order chi connectivity index (χ0) is 25.4. The summed E-state index contributed by atoms with van der Waals surface area (Å²) in [5, 5.41) is 20.3. The van der Waals surface area contributed by atoms with Gasteiger partial charge in [0, 0.05) is 13.0 Å². The molecule has 0 unspecified atom stereocenters. The van der Waals surface area contributed by atoms with Crippen LogP contribution in [0.25, 0.3) is 0 Å². The van der Waals surface area contributed by atoms with Crippen LogP contribution in [0.15, 0.2) is 52.7 Å². The summed E-state index contributed by atoms with van der Waals surface area (Å²) < 4.78 is 60.2. The van der Waals surface area contributed by atoms with Gasteiger partial charge < -0.3 is 10.4 Å². The van der Waals surface area contributed by atoms with E-state index in [0.29, 0.717) is 11.3 Å². The van der Waals surface area contributed by atoms with Crippen LogP contribution in [0.3, 0.4) is 0 Å². The van der Waals surface area contributed by atoms with Crippen LogP contribution in [0.1, 0.15) is 28.8 Å². The molecule has 0 saturated heterocycles. The van der Waals surface area contributed by atoms with Gasteiger partial charge in [0.1, 0.15) is 5.75 Å². The number of aromatic hydroxyl groups is 1. The molecule has 2 rings (SSSR count). The van der Waals surface area contributed by atoms with E-state index in [0.717, 1.165) is 0 Å². The van der Waals surface area contributed by atoms with Crippen molar-refractivity contribution in [2.24, 2.45) is 10.2 Å². The molecule has 34 heavy (non-hydrogen) atoms. The van der Waals surface area contributed by atoms with Gasteiger partial charge in [0.25, 0.3) is 20.2 Å². The number of carbonyl (C=O) groups excluding carboxylic acids is 2. The molecule has 4 N–H and O–H groups in total. The van der Waals surface area contributed by atoms with E-state index in [2.05, 4.69) is 15.5 Å². The van der Waals surface area contributed by atoms with E-state index in [4.69, 9.17) is 9.11 Å². The van der Waals surface area contributed by atoms with Gasteiger partial charge in [0.05, 0.1) is 34.9 Å². The van der Waals surface area contributed by atoms with Gasteiger partial charge in [-0.25, -0.2) is 0 Å². The number of hydrogen-bond donors (Lipinski definition) is 4. The number of amides is 1. The molecule has 0 aliphatic heterocycles. The molecule has 0 heterocycles. The molecular weight excluding hydrogens is 490 g/mol. The molecule has 2 aromatic carbocycles. The summed E-state index contributed by atoms with van der Waals surface area (Å²) >= 11 is 0. The first-order valence-corrected chi connectivity index (χ1v) is 13.1. The third-order valence-corrected chi connectivity index (χ3v) is 5.88. The van der Waals surface area contributed by atoms with E-state index in [1.54, 1.807) is 24.3 Å². The summed E-state index contributed by atoms with van der Waals surface area (Å²) in [7, 11) is -8.33. The first kappa shape index (κ1) is 27.0. The summed E-state index contributed by atoms with van der Waals surface area (Å²) in [6.45, 7) is -0.207. The van der Waals surface area contributed by atoms with Crippen molar-refractivity contribution in [3.63, 3.8) is 0 Å². The van der Waals surface area contributed by atoms with Crippen molar-refractivity contribution in [2.45, 2.75) is 19.3 Å². The van der Waals surface area contributed by atoms with Crippen LogP contribution >= 0.6 is 0 Å². The lowest BCUT2D eigenvalue weighted by atomic mass is 10.1. The number of hydrogen-bond acceptors (Lipinski definition) is 9. The standard InChI is InChI=1S/C20H23N3O9S2/c24-18(2-1-10-33(27,28)29)17-13-16(7-8-19(17)25)23-22-15-5-3-14(4-6-15)12-20(26)21-9-11-34(30,31)32/h3-8,13,25H,1-2,9-12H2,(H,21,26)(H,27,28,29)(H,30,31,32). The zero-order valence-corrected chi connectivity index (χ0v) is 19.4. The zero-order valence-electron chi connectivity index (χ0n) is 17.8. The molecule has 2 aromatic rings. The average molecular weight is 514 g/mol. The molecule has 0 fully saturated rings. The number of nitrogens with one attached hydrogen (secondary N) is 1. The second-order valence-electron chi connectivity index (χ2n) is 7.19. The van der Waals surface area contributed by atoms with E-state index in [-0.39, 0.29) is 42.8 Å². The number of rotatable bonds is 12. The van der Waals surface area contributed by atoms with Gasteiger partial charge in [-0.1, -0.05) is 12.1 Å². The Morgan fingerprint density at radius 2 is 1.44 bits per heavy atom. The number of Topliss-reactive ketones (excluding diaryl/α,β-unsaturated/α-hetero) is 1. The van der Waals surface area contributed by atoms with Crippen LogP contribution in [0.2, 0.25) is 0 Å². The van der Waals surface area contributed by atoms with Crippen molar-refractivity contribution in [3.05, 3.63) is 53.6 Å². The predicted octanol–water partition coefficient (Wildman–Crippen LogP) is 2.20. The summed E-state index contributed by atoms with van der Waals surface area (Å²) in [5.41, 5.74) is 1.27. The Labute approximate surface area is 196 Å². The number of phenols is 1. The van der Waals surface area contributed by atoms with Crippen LogP contribution in [0.5, 0.6) is 5.75 Å². The van der Waals surface area contributed by atoms with Gasteiger partial charge in [0.15, 0.2) is 5.78 Å². The highest BCUT2D eigenvalue weighted by Crippen LogP contribution is 2.26. The Morgan fingerprint density at radius 3 is 2.06 bits per heavy atom. The van der Waals surface area contributed by atoms with Crippen molar-refractivity contribution < 1.29 is 40.6 Å². The summed E-state index contributed by atoms with van der Waals surface area (Å²) in [5.74, 6) is -2.38. The van der Waals surface area contributed by atoms with Crippen molar-refractivity contribution in [3.8, 4) is 5.75 Å². The van der Waals surface area contributed by atoms with E-state index >= 15 is 0 Å². The smallest absolute Gasteiger partial charge is 0.266 e. The van der Waals surface area contributed by atoms with Crippen molar-refractivity contribution in [2.75, 3.05) is 18.1 Å². The summed E-state index contributed by atoms with van der Waals surface area (Å²) in [4.78, 5) is 24.0. The van der Waals surface area contributed by atoms with E-state index < -0.39 is 43.4 Å². The maximum atomic E-state index is 12.2. The lowest BCUT2D eigenvalue weighted by Crippen LogP contribution is -2.30. The molecule has 184 valence electrons. The Hall–Kier alpha value is -3.20. The highest BCUT2D eigenvalue weighted by Gasteiger charge is 2.14. The van der Waals surface area contributed by atoms with Gasteiger partial charge in [-0.3, -0.25) is 18.7 Å². The molecule has 1 amide bonds. The van der Waals surface area contributed by atoms with E-state index in [9.17, 15) is 31.5 Å². The van der Waals surface area contributed by atoms with Crippen LogP contribution in [-0.4, -0.2) is 60.8 Å². The average Bonchev–Trinajstić information content (AvgIpc) is 2.72. The highest BCUT2D eigenvalue weighted by atomic mass is 32.2. The Kier molecular flexibility index (Phi) is 9.37. The van der Waals surface area contributed by atoms with Gasteiger partial charge in [-0.2, -0.15) is 27.1 Å². The minimum atomic E-state index is -4.18. The maximum Gasteiger partial charge on any atom is 0.266 e. The normalized spacial score (nSPS) is 12.1. The second-order valence-corrected chi connectivity index (χ2v) is 10.3. The molecule has 14 heteroatoms. The largest absolute Gasteiger partial charge is 0.507 e. The van der Waals surface area contributed by atoms with Gasteiger partial charge >= 0.3 is 0 Å². The van der Waals surface area contributed by atoms with Crippen molar-refractivity contribution >= 4 is 43.3 Å². The van der Waals surface area contributed by atoms with Crippen LogP contribution in [-0.2, 0) is 31.5 Å². The number of nitrogens with zero attached hydrogens (tertiary/aromatic N) is 2. The molecule has 0 aliphatic rings. The quantitative estimate of drug-likeness (QED) is 0.186. The monoisotopic (exact) mass is 513 g/mol. The minimum absolute atomic E-state index is 0.0100. The van der Waals surface area contributed by atoms with Gasteiger partial charge in [-0.05, 0) is 42.3 Å². The van der Waals surface area contributed by atoms with E-state index in [1.807, 2.05) is 0 Å². The topological polar surface area (TPSA) is 200 Å². The lowest BCUT2D eigenvalue weighted by molar-refractivity contribution is -0.120. The van der Waals surface area contributed by atoms with Crippen LogP contribution in [0, 0.1) is 0 Å². The minimum Gasteiger partial charge on any atom is -0.507 e. The Morgan fingerprint density at radius 1 is 0.853 bits per heavy atom. The molecular formula is C20H23N3O9S2. The fourth-order valence-electron chi connectivity index (χ4n) is 2.72. The summed E-state index contributed by atoms with van der Waals surface area (Å²) in [6.07, 6.45) is -0.309. The lowest BCUT2D eigenvalue weighted by Gasteiger charge is -2.05. The molecule has 0 aliphatic carbocycles. The number of carbonyl (C=O) groups is 2. The Bertz CT molecular complexity index is 1270. The SMILES string of the molecule is O=C(Cc1ccc(N=Nc2ccc(O)c(C(=O)CCCS(=O)(=O)O)c2)cc1)NCCS(=O)(=O)O. The maximum absolute atomic E-state index is 12.2. The molecule has 0 bridgehead atoms. The number of azo groups is 1. The molecule has 0 spiro atoms. The highest BCUT2D eigenvalue weighted by molar-refractivity contribution is 7.86. The second kappa shape index (κ2) is 11.8.